The van der Waals surface area contributed by atoms with Crippen LogP contribution in [0.25, 0.3) is 0 Å². The number of benzene rings is 1. The molecule has 0 aliphatic carbocycles. The Morgan fingerprint density at radius 1 is 1.32 bits per heavy atom. The van der Waals surface area contributed by atoms with Gasteiger partial charge in [-0.2, -0.15) is 0 Å². The zero-order valence-electron chi connectivity index (χ0n) is 10.3. The Labute approximate surface area is 125 Å². The summed E-state index contributed by atoms with van der Waals surface area (Å²) >= 11 is 2.22. The molecule has 0 aliphatic rings. The molecule has 1 aromatic heterocycles. The Kier molecular flexibility index (Phi) is 4.73. The van der Waals surface area contributed by atoms with Crippen molar-refractivity contribution in [1.82, 2.24) is 4.98 Å². The van der Waals surface area contributed by atoms with Crippen LogP contribution in [0, 0.1) is 3.57 Å². The number of pyridine rings is 1. The minimum Gasteiger partial charge on any atom is -0.481 e. The number of ether oxygens (including phenoxy) is 1. The smallest absolute Gasteiger partial charge is 0.265 e. The standard InChI is InChI=1S/C14H13IN2O2/c1-10(19-13-6-4-11(15)5-7-13)14(18)17-12-3-2-8-16-9-12/h2-10H,1H3,(H,17,18). The average molecular weight is 368 g/mol. The third-order valence-electron chi connectivity index (χ3n) is 2.42. The number of rotatable bonds is 4. The molecule has 0 spiro atoms. The van der Waals surface area contributed by atoms with Gasteiger partial charge in [-0.1, -0.05) is 0 Å². The Balaban J connectivity index is 1.94. The summed E-state index contributed by atoms with van der Waals surface area (Å²) in [6, 6.07) is 11.1. The maximum absolute atomic E-state index is 11.9. The van der Waals surface area contributed by atoms with E-state index in [0.29, 0.717) is 11.4 Å². The molecule has 2 aromatic rings. The lowest BCUT2D eigenvalue weighted by molar-refractivity contribution is -0.122. The molecule has 0 aliphatic heterocycles. The third-order valence-corrected chi connectivity index (χ3v) is 3.14. The molecule has 0 bridgehead atoms. The summed E-state index contributed by atoms with van der Waals surface area (Å²) in [5.74, 6) is 0.473. The molecule has 1 N–H and O–H groups in total. The summed E-state index contributed by atoms with van der Waals surface area (Å²) in [6.45, 7) is 1.71. The van der Waals surface area contributed by atoms with Crippen molar-refractivity contribution in [3.63, 3.8) is 0 Å². The highest BCUT2D eigenvalue weighted by Crippen LogP contribution is 2.15. The first-order valence-electron chi connectivity index (χ1n) is 5.78. The fraction of sp³-hybridized carbons (Fsp3) is 0.143. The molecule has 5 heteroatoms. The van der Waals surface area contributed by atoms with Gasteiger partial charge < -0.3 is 10.1 Å². The van der Waals surface area contributed by atoms with Gasteiger partial charge in [0, 0.05) is 9.77 Å². The fourth-order valence-corrected chi connectivity index (χ4v) is 1.81. The summed E-state index contributed by atoms with van der Waals surface area (Å²) < 4.78 is 6.69. The van der Waals surface area contributed by atoms with Gasteiger partial charge in [0.1, 0.15) is 5.75 Å². The number of aromatic nitrogens is 1. The molecule has 1 atom stereocenters. The molecule has 1 heterocycles. The topological polar surface area (TPSA) is 51.2 Å². The molecule has 2 rings (SSSR count). The van der Waals surface area contributed by atoms with E-state index in [2.05, 4.69) is 32.9 Å². The van der Waals surface area contributed by atoms with Crippen LogP contribution < -0.4 is 10.1 Å². The van der Waals surface area contributed by atoms with Crippen molar-refractivity contribution < 1.29 is 9.53 Å². The predicted molar refractivity (Wildman–Crippen MR) is 82.1 cm³/mol. The van der Waals surface area contributed by atoms with Crippen molar-refractivity contribution in [2.45, 2.75) is 13.0 Å². The van der Waals surface area contributed by atoms with Crippen LogP contribution >= 0.6 is 22.6 Å². The molecule has 1 aromatic carbocycles. The SMILES string of the molecule is CC(Oc1ccc(I)cc1)C(=O)Nc1cccnc1. The number of hydrogen-bond donors (Lipinski definition) is 1. The van der Waals surface area contributed by atoms with Crippen LogP contribution in [-0.4, -0.2) is 17.0 Å². The van der Waals surface area contributed by atoms with Crippen molar-refractivity contribution in [3.8, 4) is 5.75 Å². The lowest BCUT2D eigenvalue weighted by Gasteiger charge is -2.14. The van der Waals surface area contributed by atoms with E-state index in [1.54, 1.807) is 31.5 Å². The van der Waals surface area contributed by atoms with Gasteiger partial charge in [0.05, 0.1) is 11.9 Å². The van der Waals surface area contributed by atoms with E-state index in [9.17, 15) is 4.79 Å². The molecule has 4 nitrogen and oxygen atoms in total. The molecule has 98 valence electrons. The van der Waals surface area contributed by atoms with Crippen LogP contribution in [0.1, 0.15) is 6.92 Å². The summed E-state index contributed by atoms with van der Waals surface area (Å²) in [5.41, 5.74) is 0.658. The minimum absolute atomic E-state index is 0.202. The van der Waals surface area contributed by atoms with E-state index in [0.717, 1.165) is 3.57 Å². The largest absolute Gasteiger partial charge is 0.481 e. The van der Waals surface area contributed by atoms with E-state index in [-0.39, 0.29) is 5.91 Å². The van der Waals surface area contributed by atoms with Crippen molar-refractivity contribution in [3.05, 3.63) is 52.4 Å². The zero-order valence-corrected chi connectivity index (χ0v) is 12.5. The Bertz CT molecular complexity index is 543. The number of carbonyl (C=O) groups excluding carboxylic acids is 1. The number of nitrogens with zero attached hydrogens (tertiary/aromatic N) is 1. The molecule has 1 unspecified atom stereocenters. The number of halogens is 1. The van der Waals surface area contributed by atoms with Crippen molar-refractivity contribution >= 4 is 34.2 Å². The van der Waals surface area contributed by atoms with Gasteiger partial charge in [-0.05, 0) is 65.9 Å². The quantitative estimate of drug-likeness (QED) is 0.844. The van der Waals surface area contributed by atoms with Crippen LogP contribution in [0.15, 0.2) is 48.8 Å². The second kappa shape index (κ2) is 6.51. The average Bonchev–Trinajstić information content (AvgIpc) is 2.42. The molecular formula is C14H13IN2O2. The molecule has 0 saturated heterocycles. The molecule has 19 heavy (non-hydrogen) atoms. The van der Waals surface area contributed by atoms with Gasteiger partial charge in [0.25, 0.3) is 5.91 Å². The van der Waals surface area contributed by atoms with Crippen molar-refractivity contribution in [1.29, 1.82) is 0 Å². The zero-order chi connectivity index (χ0) is 13.7. The van der Waals surface area contributed by atoms with E-state index < -0.39 is 6.10 Å². The van der Waals surface area contributed by atoms with Gasteiger partial charge >= 0.3 is 0 Å². The van der Waals surface area contributed by atoms with E-state index in [1.165, 1.54) is 0 Å². The number of nitrogens with one attached hydrogen (secondary N) is 1. The van der Waals surface area contributed by atoms with Crippen LogP contribution in [0.3, 0.4) is 0 Å². The van der Waals surface area contributed by atoms with Crippen LogP contribution in [0.4, 0.5) is 5.69 Å². The lowest BCUT2D eigenvalue weighted by atomic mass is 10.3. The normalized spacial score (nSPS) is 11.7. The molecular weight excluding hydrogens is 355 g/mol. The number of anilines is 1. The second-order valence-corrected chi connectivity index (χ2v) is 5.19. The summed E-state index contributed by atoms with van der Waals surface area (Å²) in [7, 11) is 0. The monoisotopic (exact) mass is 368 g/mol. The third kappa shape index (κ3) is 4.20. The van der Waals surface area contributed by atoms with Gasteiger partial charge in [-0.3, -0.25) is 9.78 Å². The maximum atomic E-state index is 11.9. The first-order valence-corrected chi connectivity index (χ1v) is 6.86. The Morgan fingerprint density at radius 2 is 2.05 bits per heavy atom. The summed E-state index contributed by atoms with van der Waals surface area (Å²) in [6.07, 6.45) is 2.68. The molecule has 0 saturated carbocycles. The first kappa shape index (κ1) is 13.8. The molecule has 0 fully saturated rings. The van der Waals surface area contributed by atoms with Crippen molar-refractivity contribution in [2.75, 3.05) is 5.32 Å². The van der Waals surface area contributed by atoms with Gasteiger partial charge in [0.15, 0.2) is 6.10 Å². The predicted octanol–water partition coefficient (Wildman–Crippen LogP) is 3.09. The summed E-state index contributed by atoms with van der Waals surface area (Å²) in [5, 5.41) is 2.75. The minimum atomic E-state index is -0.569. The number of amides is 1. The first-order chi connectivity index (χ1) is 9.15. The van der Waals surface area contributed by atoms with Gasteiger partial charge in [0.2, 0.25) is 0 Å². The second-order valence-electron chi connectivity index (χ2n) is 3.94. The lowest BCUT2D eigenvalue weighted by Crippen LogP contribution is -2.30. The Hall–Kier alpha value is -1.63. The van der Waals surface area contributed by atoms with Crippen LogP contribution in [0.2, 0.25) is 0 Å². The van der Waals surface area contributed by atoms with E-state index in [4.69, 9.17) is 4.74 Å². The Morgan fingerprint density at radius 3 is 2.68 bits per heavy atom. The number of carbonyl (C=O) groups is 1. The highest BCUT2D eigenvalue weighted by Gasteiger charge is 2.14. The summed E-state index contributed by atoms with van der Waals surface area (Å²) in [4.78, 5) is 15.9. The van der Waals surface area contributed by atoms with Gasteiger partial charge in [-0.25, -0.2) is 0 Å². The highest BCUT2D eigenvalue weighted by molar-refractivity contribution is 14.1. The molecule has 0 radical (unpaired) electrons. The van der Waals surface area contributed by atoms with Gasteiger partial charge in [-0.15, -0.1) is 0 Å². The van der Waals surface area contributed by atoms with Crippen LogP contribution in [0.5, 0.6) is 5.75 Å². The maximum Gasteiger partial charge on any atom is 0.265 e. The molecule has 1 amide bonds. The fourth-order valence-electron chi connectivity index (χ4n) is 1.45. The van der Waals surface area contributed by atoms with E-state index >= 15 is 0 Å². The highest BCUT2D eigenvalue weighted by atomic mass is 127. The number of hydrogen-bond acceptors (Lipinski definition) is 3. The van der Waals surface area contributed by atoms with Crippen molar-refractivity contribution in [2.24, 2.45) is 0 Å². The van der Waals surface area contributed by atoms with E-state index in [1.807, 2.05) is 24.3 Å². The van der Waals surface area contributed by atoms with Crippen LogP contribution in [-0.2, 0) is 4.79 Å².